The van der Waals surface area contributed by atoms with E-state index in [1.54, 1.807) is 6.92 Å². The van der Waals surface area contributed by atoms with Gasteiger partial charge in [0.25, 0.3) is 0 Å². The zero-order valence-corrected chi connectivity index (χ0v) is 19.4. The van der Waals surface area contributed by atoms with Gasteiger partial charge in [0.1, 0.15) is 18.2 Å². The number of hydrogen-bond acceptors (Lipinski definition) is 4. The number of carbonyl (C=O) groups is 3. The molecule has 2 aromatic carbocycles. The third-order valence-corrected chi connectivity index (χ3v) is 6.05. The maximum atomic E-state index is 13.8. The van der Waals surface area contributed by atoms with Gasteiger partial charge in [-0.15, -0.1) is 0 Å². The van der Waals surface area contributed by atoms with Crippen molar-refractivity contribution in [2.75, 3.05) is 13.1 Å². The molecule has 0 radical (unpaired) electrons. The number of nitrogens with zero attached hydrogens (tertiary/aromatic N) is 2. The average molecular weight is 453 g/mol. The fourth-order valence-corrected chi connectivity index (χ4v) is 4.34. The van der Waals surface area contributed by atoms with Gasteiger partial charge in [-0.25, -0.2) is 9.59 Å². The van der Waals surface area contributed by atoms with E-state index in [0.29, 0.717) is 6.42 Å². The van der Waals surface area contributed by atoms with Crippen LogP contribution in [-0.4, -0.2) is 57.5 Å². The van der Waals surface area contributed by atoms with E-state index in [9.17, 15) is 19.5 Å². The Labute approximate surface area is 195 Å². The van der Waals surface area contributed by atoms with Gasteiger partial charge in [-0.1, -0.05) is 74.5 Å². The van der Waals surface area contributed by atoms with Crippen molar-refractivity contribution in [1.29, 1.82) is 0 Å². The zero-order chi connectivity index (χ0) is 24.0. The number of amides is 2. The van der Waals surface area contributed by atoms with Gasteiger partial charge in [0.2, 0.25) is 5.91 Å². The van der Waals surface area contributed by atoms with E-state index in [0.717, 1.165) is 11.1 Å². The first-order chi connectivity index (χ1) is 15.7. The van der Waals surface area contributed by atoms with Gasteiger partial charge in [0.15, 0.2) is 0 Å². The molecule has 1 saturated heterocycles. The summed E-state index contributed by atoms with van der Waals surface area (Å²) in [6.45, 7) is 6.01. The highest BCUT2D eigenvalue weighted by Crippen LogP contribution is 2.30. The highest BCUT2D eigenvalue weighted by Gasteiger charge is 2.51. The largest absolute Gasteiger partial charge is 0.480 e. The molecule has 0 unspecified atom stereocenters. The van der Waals surface area contributed by atoms with Crippen molar-refractivity contribution in [2.45, 2.75) is 51.8 Å². The Kier molecular flexibility index (Phi) is 7.74. The minimum absolute atomic E-state index is 0.0978. The third kappa shape index (κ3) is 5.72. The van der Waals surface area contributed by atoms with Crippen molar-refractivity contribution in [2.24, 2.45) is 5.92 Å². The molecule has 1 N–H and O–H groups in total. The van der Waals surface area contributed by atoms with Crippen LogP contribution in [0.2, 0.25) is 0 Å². The summed E-state index contributed by atoms with van der Waals surface area (Å²) in [6, 6.07) is 17.8. The number of carboxylic acids is 1. The number of benzene rings is 2. The molecule has 1 aliphatic heterocycles. The molecule has 176 valence electrons. The molecule has 2 amide bonds. The van der Waals surface area contributed by atoms with Gasteiger partial charge >= 0.3 is 12.1 Å². The Morgan fingerprint density at radius 2 is 1.58 bits per heavy atom. The Hall–Kier alpha value is -3.35. The van der Waals surface area contributed by atoms with E-state index in [4.69, 9.17) is 4.74 Å². The SMILES string of the molecule is CC(C)C[C@@H](C(=O)O)N1CCN(C(=O)OCc2ccccc2)[C@@](C)(Cc2ccccc2)C1=O. The van der Waals surface area contributed by atoms with E-state index >= 15 is 0 Å². The second-order valence-electron chi connectivity index (χ2n) is 9.11. The molecular weight excluding hydrogens is 420 g/mol. The fraction of sp³-hybridized carbons (Fsp3) is 0.423. The molecule has 0 aliphatic carbocycles. The molecule has 1 heterocycles. The van der Waals surface area contributed by atoms with E-state index in [-0.39, 0.29) is 37.9 Å². The van der Waals surface area contributed by atoms with Gasteiger partial charge in [-0.05, 0) is 30.4 Å². The Morgan fingerprint density at radius 3 is 2.12 bits per heavy atom. The van der Waals surface area contributed by atoms with Gasteiger partial charge in [0.05, 0.1) is 0 Å². The first-order valence-electron chi connectivity index (χ1n) is 11.3. The molecular formula is C26H32N2O5. The smallest absolute Gasteiger partial charge is 0.411 e. The van der Waals surface area contributed by atoms with E-state index in [1.807, 2.05) is 74.5 Å². The quantitative estimate of drug-likeness (QED) is 0.655. The molecule has 2 atom stereocenters. The van der Waals surface area contributed by atoms with E-state index in [2.05, 4.69) is 0 Å². The molecule has 7 nitrogen and oxygen atoms in total. The maximum Gasteiger partial charge on any atom is 0.411 e. The minimum Gasteiger partial charge on any atom is -0.480 e. The summed E-state index contributed by atoms with van der Waals surface area (Å²) in [5, 5.41) is 9.84. The average Bonchev–Trinajstić information content (AvgIpc) is 2.79. The lowest BCUT2D eigenvalue weighted by molar-refractivity contribution is -0.161. The summed E-state index contributed by atoms with van der Waals surface area (Å²) >= 11 is 0. The third-order valence-electron chi connectivity index (χ3n) is 6.05. The van der Waals surface area contributed by atoms with Crippen molar-refractivity contribution in [3.8, 4) is 0 Å². The number of ether oxygens (including phenoxy) is 1. The summed E-state index contributed by atoms with van der Waals surface area (Å²) in [5.74, 6) is -1.30. The van der Waals surface area contributed by atoms with Crippen LogP contribution < -0.4 is 0 Å². The van der Waals surface area contributed by atoms with Crippen molar-refractivity contribution in [1.82, 2.24) is 9.80 Å². The Balaban J connectivity index is 1.88. The highest BCUT2D eigenvalue weighted by molar-refractivity contribution is 5.93. The van der Waals surface area contributed by atoms with Crippen LogP contribution in [0, 0.1) is 5.92 Å². The number of aliphatic carboxylic acids is 1. The molecule has 1 aliphatic rings. The lowest BCUT2D eigenvalue weighted by atomic mass is 9.86. The Bertz CT molecular complexity index is 963. The van der Waals surface area contributed by atoms with Crippen molar-refractivity contribution >= 4 is 18.0 Å². The number of rotatable bonds is 8. The molecule has 3 rings (SSSR count). The molecule has 2 aromatic rings. The summed E-state index contributed by atoms with van der Waals surface area (Å²) in [4.78, 5) is 41.8. The van der Waals surface area contributed by atoms with E-state index in [1.165, 1.54) is 9.80 Å². The van der Waals surface area contributed by atoms with Crippen LogP contribution in [0.5, 0.6) is 0 Å². The molecule has 0 saturated carbocycles. The number of carboxylic acid groups (broad SMARTS) is 1. The molecule has 33 heavy (non-hydrogen) atoms. The summed E-state index contributed by atoms with van der Waals surface area (Å²) in [6.07, 6.45) is 0.0273. The fourth-order valence-electron chi connectivity index (χ4n) is 4.34. The second-order valence-corrected chi connectivity index (χ2v) is 9.11. The van der Waals surface area contributed by atoms with Crippen molar-refractivity contribution in [3.63, 3.8) is 0 Å². The van der Waals surface area contributed by atoms with Crippen LogP contribution in [0.3, 0.4) is 0 Å². The minimum atomic E-state index is -1.27. The monoisotopic (exact) mass is 452 g/mol. The Morgan fingerprint density at radius 1 is 1.00 bits per heavy atom. The second kappa shape index (κ2) is 10.5. The standard InChI is InChI=1S/C26H32N2O5/c1-19(2)16-22(23(29)30)27-14-15-28(25(32)33-18-21-12-8-5-9-13-21)26(3,24(27)31)17-20-10-6-4-7-11-20/h4-13,19,22H,14-18H2,1-3H3,(H,29,30)/t22-,26-/m0/s1. The predicted molar refractivity (Wildman–Crippen MR) is 124 cm³/mol. The molecule has 0 spiro atoms. The van der Waals surface area contributed by atoms with Crippen LogP contribution in [0.25, 0.3) is 0 Å². The van der Waals surface area contributed by atoms with Crippen molar-refractivity contribution in [3.05, 3.63) is 71.8 Å². The first-order valence-corrected chi connectivity index (χ1v) is 11.3. The highest BCUT2D eigenvalue weighted by atomic mass is 16.6. The van der Waals surface area contributed by atoms with Gasteiger partial charge < -0.3 is 14.7 Å². The molecule has 0 aromatic heterocycles. The lowest BCUT2D eigenvalue weighted by Crippen LogP contribution is -2.69. The normalized spacial score (nSPS) is 19.5. The summed E-state index contributed by atoms with van der Waals surface area (Å²) in [7, 11) is 0. The predicted octanol–water partition coefficient (Wildman–Crippen LogP) is 3.97. The molecule has 0 bridgehead atoms. The van der Waals surface area contributed by atoms with Crippen LogP contribution >= 0.6 is 0 Å². The van der Waals surface area contributed by atoms with Crippen LogP contribution in [-0.2, 0) is 27.4 Å². The van der Waals surface area contributed by atoms with Crippen LogP contribution in [0.4, 0.5) is 4.79 Å². The lowest BCUT2D eigenvalue weighted by Gasteiger charge is -2.48. The molecule has 7 heteroatoms. The van der Waals surface area contributed by atoms with Gasteiger partial charge in [0, 0.05) is 19.5 Å². The van der Waals surface area contributed by atoms with Crippen molar-refractivity contribution < 1.29 is 24.2 Å². The summed E-state index contributed by atoms with van der Waals surface area (Å²) < 4.78 is 5.56. The summed E-state index contributed by atoms with van der Waals surface area (Å²) in [5.41, 5.74) is 0.466. The zero-order valence-electron chi connectivity index (χ0n) is 19.4. The van der Waals surface area contributed by atoms with Crippen LogP contribution in [0.15, 0.2) is 60.7 Å². The molecule has 1 fully saturated rings. The number of carbonyl (C=O) groups excluding carboxylic acids is 2. The first kappa shape index (κ1) is 24.3. The van der Waals surface area contributed by atoms with E-state index < -0.39 is 23.6 Å². The van der Waals surface area contributed by atoms with Crippen LogP contribution in [0.1, 0.15) is 38.3 Å². The van der Waals surface area contributed by atoms with Gasteiger partial charge in [-0.2, -0.15) is 0 Å². The number of hydrogen-bond donors (Lipinski definition) is 1. The topological polar surface area (TPSA) is 87.2 Å². The number of piperazine rings is 1. The van der Waals surface area contributed by atoms with Gasteiger partial charge in [-0.3, -0.25) is 9.69 Å². The maximum absolute atomic E-state index is 13.8.